The van der Waals surface area contributed by atoms with Crippen molar-refractivity contribution in [3.05, 3.63) is 23.0 Å². The molecule has 0 saturated carbocycles. The zero-order valence-corrected chi connectivity index (χ0v) is 11.9. The van der Waals surface area contributed by atoms with Crippen molar-refractivity contribution in [3.8, 4) is 0 Å². The number of carboxylic acids is 2. The minimum absolute atomic E-state index is 0.0425. The smallest absolute Gasteiger partial charge is 0.326 e. The highest BCUT2D eigenvalue weighted by molar-refractivity contribution is 7.15. The molecule has 2 rings (SSSR count). The van der Waals surface area contributed by atoms with Crippen molar-refractivity contribution < 1.29 is 24.6 Å². The van der Waals surface area contributed by atoms with Crippen LogP contribution in [0.25, 0.3) is 4.96 Å². The average Bonchev–Trinajstić information content (AvgIpc) is 2.88. The van der Waals surface area contributed by atoms with E-state index in [1.165, 1.54) is 11.3 Å². The highest BCUT2D eigenvalue weighted by Crippen LogP contribution is 2.16. The summed E-state index contributed by atoms with van der Waals surface area (Å²) in [6.45, 7) is 1.83. The second-order valence-electron chi connectivity index (χ2n) is 4.49. The lowest BCUT2D eigenvalue weighted by Crippen LogP contribution is -2.42. The van der Waals surface area contributed by atoms with Crippen LogP contribution >= 0.6 is 11.3 Å². The van der Waals surface area contributed by atoms with Gasteiger partial charge in [-0.25, -0.2) is 9.78 Å². The molecule has 0 bridgehead atoms. The van der Waals surface area contributed by atoms with Crippen LogP contribution in [0.15, 0.2) is 11.6 Å². The van der Waals surface area contributed by atoms with E-state index in [1.54, 1.807) is 16.0 Å². The third kappa shape index (κ3) is 3.57. The summed E-state index contributed by atoms with van der Waals surface area (Å²) in [5, 5.41) is 21.5. The van der Waals surface area contributed by atoms with Crippen LogP contribution in [0.4, 0.5) is 0 Å². The Hall–Kier alpha value is -2.42. The predicted octanol–water partition coefficient (Wildman–Crippen LogP) is 0.291. The average molecular weight is 311 g/mol. The molecule has 1 atom stereocenters. The lowest BCUT2D eigenvalue weighted by Gasteiger charge is -2.12. The molecule has 21 heavy (non-hydrogen) atoms. The van der Waals surface area contributed by atoms with Gasteiger partial charge in [0.2, 0.25) is 5.91 Å². The van der Waals surface area contributed by atoms with Crippen LogP contribution in [-0.4, -0.2) is 43.5 Å². The molecule has 8 nitrogen and oxygen atoms in total. The molecule has 2 heterocycles. The second kappa shape index (κ2) is 5.92. The van der Waals surface area contributed by atoms with Crippen molar-refractivity contribution in [3.63, 3.8) is 0 Å². The number of aryl methyl sites for hydroxylation is 1. The van der Waals surface area contributed by atoms with Gasteiger partial charge in [-0.15, -0.1) is 11.3 Å². The van der Waals surface area contributed by atoms with Gasteiger partial charge in [-0.05, 0) is 6.92 Å². The topological polar surface area (TPSA) is 121 Å². The molecule has 9 heteroatoms. The number of carboxylic acid groups (broad SMARTS) is 2. The molecule has 0 aliphatic rings. The number of rotatable bonds is 6. The number of thiazole rings is 1. The molecule has 3 N–H and O–H groups in total. The molecule has 2 aromatic heterocycles. The summed E-state index contributed by atoms with van der Waals surface area (Å²) < 4.78 is 1.76. The number of nitrogens with zero attached hydrogens (tertiary/aromatic N) is 2. The van der Waals surface area contributed by atoms with Gasteiger partial charge >= 0.3 is 11.9 Å². The number of carbonyl (C=O) groups excluding carboxylic acids is 1. The number of nitrogens with one attached hydrogen (secondary N) is 1. The minimum atomic E-state index is -1.44. The van der Waals surface area contributed by atoms with Crippen LogP contribution in [0.5, 0.6) is 0 Å². The van der Waals surface area contributed by atoms with Gasteiger partial charge in [0.25, 0.3) is 0 Å². The molecule has 2 aromatic rings. The Labute approximate surface area is 123 Å². The summed E-state index contributed by atoms with van der Waals surface area (Å²) in [6.07, 6.45) is 1.07. The zero-order chi connectivity index (χ0) is 15.6. The number of aromatic nitrogens is 2. The normalized spacial score (nSPS) is 12.2. The number of fused-ring (bicyclic) bond motifs is 1. The lowest BCUT2D eigenvalue weighted by molar-refractivity contribution is -0.147. The molecular weight excluding hydrogens is 298 g/mol. The van der Waals surface area contributed by atoms with E-state index >= 15 is 0 Å². The van der Waals surface area contributed by atoms with E-state index in [2.05, 4.69) is 10.3 Å². The number of aliphatic carboxylic acids is 2. The molecule has 0 radical (unpaired) electrons. The summed E-state index contributed by atoms with van der Waals surface area (Å²) in [5.41, 5.74) is 1.49. The maximum Gasteiger partial charge on any atom is 0.326 e. The second-order valence-corrected chi connectivity index (χ2v) is 5.33. The number of imidazole rings is 1. The molecule has 0 unspecified atom stereocenters. The maximum atomic E-state index is 11.9. The van der Waals surface area contributed by atoms with Crippen LogP contribution in [-0.2, 0) is 20.8 Å². The van der Waals surface area contributed by atoms with E-state index in [0.717, 1.165) is 10.7 Å². The minimum Gasteiger partial charge on any atom is -0.481 e. The van der Waals surface area contributed by atoms with E-state index in [1.807, 2.05) is 6.92 Å². The van der Waals surface area contributed by atoms with Gasteiger partial charge in [-0.2, -0.15) is 0 Å². The van der Waals surface area contributed by atoms with Crippen molar-refractivity contribution in [2.45, 2.75) is 25.8 Å². The summed E-state index contributed by atoms with van der Waals surface area (Å²) in [7, 11) is 0. The highest BCUT2D eigenvalue weighted by Gasteiger charge is 2.23. The van der Waals surface area contributed by atoms with Crippen LogP contribution in [0.2, 0.25) is 0 Å². The lowest BCUT2D eigenvalue weighted by atomic mass is 10.2. The Bertz CT molecular complexity index is 705. The first-order valence-corrected chi connectivity index (χ1v) is 6.91. The van der Waals surface area contributed by atoms with Gasteiger partial charge in [0, 0.05) is 17.3 Å². The van der Waals surface area contributed by atoms with Crippen molar-refractivity contribution in [2.24, 2.45) is 0 Å². The van der Waals surface area contributed by atoms with Gasteiger partial charge in [0.05, 0.1) is 18.5 Å². The van der Waals surface area contributed by atoms with Crippen molar-refractivity contribution in [1.82, 2.24) is 14.7 Å². The largest absolute Gasteiger partial charge is 0.481 e. The predicted molar refractivity (Wildman–Crippen MR) is 73.3 cm³/mol. The fourth-order valence-electron chi connectivity index (χ4n) is 1.85. The number of hydrogen-bond acceptors (Lipinski definition) is 5. The summed E-state index contributed by atoms with van der Waals surface area (Å²) in [4.78, 5) is 38.3. The van der Waals surface area contributed by atoms with Gasteiger partial charge in [-0.1, -0.05) is 0 Å². The summed E-state index contributed by atoms with van der Waals surface area (Å²) in [6, 6.07) is -1.44. The van der Waals surface area contributed by atoms with Gasteiger partial charge < -0.3 is 15.5 Å². The van der Waals surface area contributed by atoms with Crippen LogP contribution < -0.4 is 5.32 Å². The summed E-state index contributed by atoms with van der Waals surface area (Å²) >= 11 is 1.37. The Morgan fingerprint density at radius 3 is 2.76 bits per heavy atom. The Kier molecular flexibility index (Phi) is 4.22. The molecule has 0 aliphatic heterocycles. The SMILES string of the molecule is Cc1cn2c(CC(=O)N[C@H](CC(=O)O)C(=O)O)csc2n1. The number of amides is 1. The zero-order valence-electron chi connectivity index (χ0n) is 11.1. The third-order valence-electron chi connectivity index (χ3n) is 2.76. The highest BCUT2D eigenvalue weighted by atomic mass is 32.1. The first kappa shape index (κ1) is 15.0. The Balaban J connectivity index is 2.06. The third-order valence-corrected chi connectivity index (χ3v) is 3.65. The van der Waals surface area contributed by atoms with E-state index in [-0.39, 0.29) is 6.42 Å². The van der Waals surface area contributed by atoms with Crippen LogP contribution in [0.1, 0.15) is 17.8 Å². The fraction of sp³-hybridized carbons (Fsp3) is 0.333. The first-order chi connectivity index (χ1) is 9.86. The number of carbonyl (C=O) groups is 3. The van der Waals surface area contributed by atoms with E-state index in [4.69, 9.17) is 10.2 Å². The van der Waals surface area contributed by atoms with Crippen LogP contribution in [0, 0.1) is 6.92 Å². The maximum absolute atomic E-state index is 11.9. The molecule has 1 amide bonds. The van der Waals surface area contributed by atoms with E-state index < -0.39 is 30.3 Å². The molecule has 0 spiro atoms. The molecule has 0 fully saturated rings. The standard InChI is InChI=1S/C12H13N3O5S/c1-6-4-15-7(5-21-12(15)13-6)2-9(16)14-8(11(19)20)3-10(17)18/h4-5,8H,2-3H2,1H3,(H,14,16)(H,17,18)(H,19,20)/t8-/m1/s1. The molecule has 0 saturated heterocycles. The van der Waals surface area contributed by atoms with E-state index in [0.29, 0.717) is 5.69 Å². The van der Waals surface area contributed by atoms with E-state index in [9.17, 15) is 14.4 Å². The van der Waals surface area contributed by atoms with Gasteiger partial charge in [0.15, 0.2) is 4.96 Å². The van der Waals surface area contributed by atoms with Crippen molar-refractivity contribution >= 4 is 34.1 Å². The van der Waals surface area contributed by atoms with Gasteiger partial charge in [0.1, 0.15) is 6.04 Å². The van der Waals surface area contributed by atoms with Crippen LogP contribution in [0.3, 0.4) is 0 Å². The summed E-state index contributed by atoms with van der Waals surface area (Å²) in [5.74, 6) is -3.21. The van der Waals surface area contributed by atoms with Crippen molar-refractivity contribution in [2.75, 3.05) is 0 Å². The van der Waals surface area contributed by atoms with Gasteiger partial charge in [-0.3, -0.25) is 14.0 Å². The Morgan fingerprint density at radius 2 is 2.14 bits per heavy atom. The quantitative estimate of drug-likeness (QED) is 0.705. The molecule has 0 aromatic carbocycles. The first-order valence-electron chi connectivity index (χ1n) is 6.03. The van der Waals surface area contributed by atoms with Crippen molar-refractivity contribution in [1.29, 1.82) is 0 Å². The molecule has 0 aliphatic carbocycles. The number of hydrogen-bond donors (Lipinski definition) is 3. The Morgan fingerprint density at radius 1 is 1.43 bits per heavy atom. The monoisotopic (exact) mass is 311 g/mol. The molecule has 112 valence electrons. The molecular formula is C12H13N3O5S. The fourth-order valence-corrected chi connectivity index (χ4v) is 2.77.